The molecular formula is C44H27N5O. The Balaban J connectivity index is 1.15. The molecule has 0 aliphatic rings. The fourth-order valence-corrected chi connectivity index (χ4v) is 7.02. The van der Waals surface area contributed by atoms with Crippen LogP contribution in [-0.4, -0.2) is 24.5 Å². The molecule has 0 saturated heterocycles. The number of aromatic nitrogens is 5. The summed E-state index contributed by atoms with van der Waals surface area (Å²) in [5, 5.41) is 4.20. The number of hydrogen-bond donors (Lipinski definition) is 0. The Hall–Kier alpha value is -6.92. The molecule has 0 aliphatic heterocycles. The summed E-state index contributed by atoms with van der Waals surface area (Å²) < 4.78 is 8.33. The second-order valence-corrected chi connectivity index (χ2v) is 12.3. The lowest BCUT2D eigenvalue weighted by atomic mass is 9.99. The first-order valence-electron chi connectivity index (χ1n) is 16.5. The number of benzene rings is 6. The van der Waals surface area contributed by atoms with E-state index in [1.54, 1.807) is 12.4 Å². The molecule has 10 aromatic rings. The third-order valence-electron chi connectivity index (χ3n) is 9.41. The van der Waals surface area contributed by atoms with Gasteiger partial charge in [0.15, 0.2) is 17.2 Å². The van der Waals surface area contributed by atoms with Crippen LogP contribution in [0.25, 0.3) is 94.7 Å². The van der Waals surface area contributed by atoms with Crippen LogP contribution >= 0.6 is 0 Å². The summed E-state index contributed by atoms with van der Waals surface area (Å²) in [7, 11) is 0. The molecule has 6 nitrogen and oxygen atoms in total. The van der Waals surface area contributed by atoms with Gasteiger partial charge in [0.2, 0.25) is 5.95 Å². The van der Waals surface area contributed by atoms with Crippen LogP contribution < -0.4 is 0 Å². The van der Waals surface area contributed by atoms with Crippen LogP contribution in [0.1, 0.15) is 0 Å². The minimum atomic E-state index is 0.550. The maximum absolute atomic E-state index is 6.20. The summed E-state index contributed by atoms with van der Waals surface area (Å²) in [6.45, 7) is 0. The van der Waals surface area contributed by atoms with Gasteiger partial charge in [-0.3, -0.25) is 9.55 Å². The zero-order valence-electron chi connectivity index (χ0n) is 26.7. The average molecular weight is 642 g/mol. The molecule has 0 aliphatic carbocycles. The van der Waals surface area contributed by atoms with Crippen LogP contribution in [-0.2, 0) is 0 Å². The Kier molecular flexibility index (Phi) is 6.39. The number of rotatable bonds is 5. The van der Waals surface area contributed by atoms with Crippen LogP contribution in [0.2, 0.25) is 0 Å². The first-order chi connectivity index (χ1) is 24.8. The predicted octanol–water partition coefficient (Wildman–Crippen LogP) is 10.9. The topological polar surface area (TPSA) is 69.6 Å². The molecule has 0 spiro atoms. The standard InChI is InChI=1S/C44H27N5O/c1-2-9-28(10-3-1)29-17-19-30(20-18-29)31-21-23-32(24-22-31)42-46-43(36-13-8-16-39-41(36)35-25-26-45-27-40(35)50-39)48-44(47-42)49-37-14-6-4-11-33(37)34-12-5-7-15-38(34)49/h1-27H. The van der Waals surface area contributed by atoms with Gasteiger partial charge in [-0.05, 0) is 46.5 Å². The second-order valence-electron chi connectivity index (χ2n) is 12.3. The first kappa shape index (κ1) is 28.1. The molecule has 0 unspecified atom stereocenters. The number of furan rings is 1. The van der Waals surface area contributed by atoms with E-state index in [2.05, 4.69) is 137 Å². The van der Waals surface area contributed by atoms with Gasteiger partial charge in [-0.2, -0.15) is 9.97 Å². The Morgan fingerprint density at radius 3 is 1.68 bits per heavy atom. The van der Waals surface area contributed by atoms with Crippen LogP contribution in [0.3, 0.4) is 0 Å². The molecule has 0 atom stereocenters. The van der Waals surface area contributed by atoms with E-state index in [9.17, 15) is 0 Å². The number of fused-ring (bicyclic) bond motifs is 6. The highest BCUT2D eigenvalue weighted by molar-refractivity contribution is 6.12. The van der Waals surface area contributed by atoms with E-state index in [4.69, 9.17) is 19.4 Å². The summed E-state index contributed by atoms with van der Waals surface area (Å²) >= 11 is 0. The third-order valence-corrected chi connectivity index (χ3v) is 9.41. The second kappa shape index (κ2) is 11.4. The van der Waals surface area contributed by atoms with Gasteiger partial charge in [0.05, 0.1) is 17.2 Å². The molecule has 0 N–H and O–H groups in total. The molecule has 0 radical (unpaired) electrons. The van der Waals surface area contributed by atoms with Gasteiger partial charge in [0, 0.05) is 38.9 Å². The molecular weight excluding hydrogens is 615 g/mol. The van der Waals surface area contributed by atoms with E-state index in [-0.39, 0.29) is 0 Å². The molecule has 0 amide bonds. The van der Waals surface area contributed by atoms with Crippen LogP contribution in [0.15, 0.2) is 168 Å². The summed E-state index contributed by atoms with van der Waals surface area (Å²) in [4.78, 5) is 19.8. The highest BCUT2D eigenvalue weighted by Gasteiger charge is 2.20. The molecule has 4 aromatic heterocycles. The minimum Gasteiger partial charge on any atom is -0.454 e. The van der Waals surface area contributed by atoms with Gasteiger partial charge < -0.3 is 4.42 Å². The van der Waals surface area contributed by atoms with Crippen LogP contribution in [0, 0.1) is 0 Å². The maximum Gasteiger partial charge on any atom is 0.238 e. The van der Waals surface area contributed by atoms with Crippen molar-refractivity contribution >= 4 is 43.7 Å². The van der Waals surface area contributed by atoms with Crippen molar-refractivity contribution < 1.29 is 4.42 Å². The zero-order valence-corrected chi connectivity index (χ0v) is 26.7. The SMILES string of the molecule is c1ccc(-c2ccc(-c3ccc(-c4nc(-c5cccc6oc7cnccc7c56)nc(-n5c6ccccc6c6ccccc65)n4)cc3)cc2)cc1. The van der Waals surface area contributed by atoms with Crippen molar-refractivity contribution in [2.24, 2.45) is 0 Å². The Morgan fingerprint density at radius 1 is 0.420 bits per heavy atom. The van der Waals surface area contributed by atoms with Crippen LogP contribution in [0.4, 0.5) is 0 Å². The molecule has 6 aromatic carbocycles. The van der Waals surface area contributed by atoms with Crippen molar-refractivity contribution in [1.82, 2.24) is 24.5 Å². The average Bonchev–Trinajstić information content (AvgIpc) is 3.74. The van der Waals surface area contributed by atoms with E-state index in [1.807, 2.05) is 24.3 Å². The fraction of sp³-hybridized carbons (Fsp3) is 0. The molecule has 10 rings (SSSR count). The normalized spacial score (nSPS) is 11.6. The van der Waals surface area contributed by atoms with Crippen molar-refractivity contribution in [3.05, 3.63) is 164 Å². The lowest BCUT2D eigenvalue weighted by molar-refractivity contribution is 0.667. The highest BCUT2D eigenvalue weighted by atomic mass is 16.3. The molecule has 0 fully saturated rings. The molecule has 50 heavy (non-hydrogen) atoms. The van der Waals surface area contributed by atoms with Gasteiger partial charge in [-0.25, -0.2) is 4.98 Å². The van der Waals surface area contributed by atoms with Gasteiger partial charge in [0.1, 0.15) is 5.58 Å². The number of nitrogens with zero attached hydrogens (tertiary/aromatic N) is 5. The van der Waals surface area contributed by atoms with E-state index < -0.39 is 0 Å². The maximum atomic E-state index is 6.20. The smallest absolute Gasteiger partial charge is 0.238 e. The fourth-order valence-electron chi connectivity index (χ4n) is 7.02. The monoisotopic (exact) mass is 641 g/mol. The van der Waals surface area contributed by atoms with E-state index in [0.29, 0.717) is 17.6 Å². The van der Waals surface area contributed by atoms with Crippen molar-refractivity contribution in [2.45, 2.75) is 0 Å². The Morgan fingerprint density at radius 2 is 1.00 bits per heavy atom. The number of hydrogen-bond acceptors (Lipinski definition) is 5. The molecule has 0 bridgehead atoms. The van der Waals surface area contributed by atoms with Gasteiger partial charge in [-0.1, -0.05) is 127 Å². The first-order valence-corrected chi connectivity index (χ1v) is 16.5. The summed E-state index contributed by atoms with van der Waals surface area (Å²) in [6, 6.07) is 52.3. The highest BCUT2D eigenvalue weighted by Crippen LogP contribution is 2.37. The van der Waals surface area contributed by atoms with Crippen molar-refractivity contribution in [2.75, 3.05) is 0 Å². The molecule has 234 valence electrons. The van der Waals surface area contributed by atoms with Crippen molar-refractivity contribution in [3.8, 4) is 51.0 Å². The summed E-state index contributed by atoms with van der Waals surface area (Å²) in [5.41, 5.74) is 9.97. The van der Waals surface area contributed by atoms with Gasteiger partial charge in [-0.15, -0.1) is 0 Å². The quantitative estimate of drug-likeness (QED) is 0.187. The summed E-state index contributed by atoms with van der Waals surface area (Å²) in [5.74, 6) is 1.70. The lowest BCUT2D eigenvalue weighted by Crippen LogP contribution is -2.06. The van der Waals surface area contributed by atoms with E-state index >= 15 is 0 Å². The van der Waals surface area contributed by atoms with Gasteiger partial charge in [0.25, 0.3) is 0 Å². The van der Waals surface area contributed by atoms with Crippen molar-refractivity contribution in [3.63, 3.8) is 0 Å². The molecule has 6 heteroatoms. The lowest BCUT2D eigenvalue weighted by Gasteiger charge is -2.12. The molecule has 4 heterocycles. The van der Waals surface area contributed by atoms with Crippen LogP contribution in [0.5, 0.6) is 0 Å². The van der Waals surface area contributed by atoms with Gasteiger partial charge >= 0.3 is 0 Å². The number of pyridine rings is 1. The zero-order chi connectivity index (χ0) is 33.0. The Bertz CT molecular complexity index is 2800. The van der Waals surface area contributed by atoms with E-state index in [0.717, 1.165) is 66.0 Å². The largest absolute Gasteiger partial charge is 0.454 e. The van der Waals surface area contributed by atoms with E-state index in [1.165, 1.54) is 11.1 Å². The van der Waals surface area contributed by atoms with Crippen molar-refractivity contribution in [1.29, 1.82) is 0 Å². The minimum absolute atomic E-state index is 0.550. The summed E-state index contributed by atoms with van der Waals surface area (Å²) in [6.07, 6.45) is 3.53. The third kappa shape index (κ3) is 4.58. The molecule has 0 saturated carbocycles. The predicted molar refractivity (Wildman–Crippen MR) is 201 cm³/mol. The number of para-hydroxylation sites is 2. The Labute approximate surface area is 287 Å².